The summed E-state index contributed by atoms with van der Waals surface area (Å²) in [7, 11) is -1.69. The maximum atomic E-state index is 6.24. The fourth-order valence-corrected chi connectivity index (χ4v) is 2.40. The normalized spacial score (nSPS) is 12.9. The van der Waals surface area contributed by atoms with Crippen LogP contribution in [0, 0.1) is 0 Å². The van der Waals surface area contributed by atoms with Crippen LogP contribution in [-0.2, 0) is 0 Å². The fourth-order valence-electron chi connectivity index (χ4n) is 1.37. The van der Waals surface area contributed by atoms with Crippen molar-refractivity contribution in [1.82, 2.24) is 0 Å². The molecule has 0 atom stereocenters. The van der Waals surface area contributed by atoms with Crippen LogP contribution in [0.3, 0.4) is 0 Å². The predicted molar refractivity (Wildman–Crippen MR) is 78.4 cm³/mol. The second-order valence-electron chi connectivity index (χ2n) is 6.59. The molecule has 96 valence electrons. The molecule has 0 aliphatic rings. The van der Waals surface area contributed by atoms with E-state index in [1.807, 2.05) is 0 Å². The molecule has 1 nitrogen and oxygen atoms in total. The average molecular weight is 250 g/mol. The van der Waals surface area contributed by atoms with E-state index in [1.165, 1.54) is 5.56 Å². The van der Waals surface area contributed by atoms with Gasteiger partial charge in [-0.1, -0.05) is 46.8 Å². The summed E-state index contributed by atoms with van der Waals surface area (Å²) in [5.74, 6) is 1.60. The lowest BCUT2D eigenvalue weighted by atomic mass is 10.0. The van der Waals surface area contributed by atoms with Crippen LogP contribution in [0.4, 0.5) is 0 Å². The second-order valence-corrected chi connectivity index (χ2v) is 11.3. The SMILES string of the molecule is CC(C)c1ccc(O[Si](C)(C)C(C)(C)C)cc1. The van der Waals surface area contributed by atoms with Crippen LogP contribution in [0.2, 0.25) is 18.1 Å². The monoisotopic (exact) mass is 250 g/mol. The molecule has 0 aromatic heterocycles. The third-order valence-electron chi connectivity index (χ3n) is 3.73. The Hall–Kier alpha value is -0.763. The largest absolute Gasteiger partial charge is 0.544 e. The highest BCUT2D eigenvalue weighted by molar-refractivity contribution is 6.74. The first kappa shape index (κ1) is 14.3. The second kappa shape index (κ2) is 4.85. The topological polar surface area (TPSA) is 9.23 Å². The molecule has 0 radical (unpaired) electrons. The highest BCUT2D eigenvalue weighted by Crippen LogP contribution is 2.37. The van der Waals surface area contributed by atoms with Gasteiger partial charge in [-0.2, -0.15) is 0 Å². The van der Waals surface area contributed by atoms with Crippen LogP contribution < -0.4 is 4.43 Å². The van der Waals surface area contributed by atoms with Crippen LogP contribution in [0.1, 0.15) is 46.1 Å². The molecular weight excluding hydrogens is 224 g/mol. The van der Waals surface area contributed by atoms with Crippen molar-refractivity contribution in [1.29, 1.82) is 0 Å². The van der Waals surface area contributed by atoms with Gasteiger partial charge in [-0.05, 0) is 41.7 Å². The number of benzene rings is 1. The maximum absolute atomic E-state index is 6.24. The van der Waals surface area contributed by atoms with Gasteiger partial charge in [0.25, 0.3) is 0 Å². The van der Waals surface area contributed by atoms with E-state index in [0.29, 0.717) is 5.92 Å². The number of rotatable bonds is 3. The lowest BCUT2D eigenvalue weighted by molar-refractivity contribution is 0.492. The van der Waals surface area contributed by atoms with Gasteiger partial charge in [0.2, 0.25) is 8.32 Å². The summed E-state index contributed by atoms with van der Waals surface area (Å²) >= 11 is 0. The quantitative estimate of drug-likeness (QED) is 0.670. The highest BCUT2D eigenvalue weighted by Gasteiger charge is 2.38. The summed E-state index contributed by atoms with van der Waals surface area (Å²) in [6.07, 6.45) is 0. The van der Waals surface area contributed by atoms with Crippen molar-refractivity contribution >= 4 is 8.32 Å². The molecule has 0 amide bonds. The van der Waals surface area contributed by atoms with E-state index in [-0.39, 0.29) is 5.04 Å². The number of hydrogen-bond acceptors (Lipinski definition) is 1. The predicted octanol–water partition coefficient (Wildman–Crippen LogP) is 5.19. The lowest BCUT2D eigenvalue weighted by Gasteiger charge is -2.36. The van der Waals surface area contributed by atoms with Gasteiger partial charge >= 0.3 is 0 Å². The Morgan fingerprint density at radius 1 is 1.00 bits per heavy atom. The minimum atomic E-state index is -1.69. The Kier molecular flexibility index (Phi) is 4.08. The van der Waals surface area contributed by atoms with Gasteiger partial charge in [-0.25, -0.2) is 0 Å². The molecule has 0 aliphatic carbocycles. The molecule has 1 aromatic carbocycles. The average Bonchev–Trinajstić information content (AvgIpc) is 2.16. The molecule has 1 rings (SSSR count). The minimum absolute atomic E-state index is 0.254. The smallest absolute Gasteiger partial charge is 0.250 e. The van der Waals surface area contributed by atoms with Gasteiger partial charge in [0.05, 0.1) is 0 Å². The van der Waals surface area contributed by atoms with E-state index in [9.17, 15) is 0 Å². The third-order valence-corrected chi connectivity index (χ3v) is 8.08. The first-order valence-electron chi connectivity index (χ1n) is 6.42. The van der Waals surface area contributed by atoms with Gasteiger partial charge in [0.1, 0.15) is 5.75 Å². The van der Waals surface area contributed by atoms with E-state index in [2.05, 4.69) is 72.0 Å². The lowest BCUT2D eigenvalue weighted by Crippen LogP contribution is -2.43. The van der Waals surface area contributed by atoms with E-state index in [4.69, 9.17) is 4.43 Å². The Morgan fingerprint density at radius 2 is 1.47 bits per heavy atom. The molecule has 0 heterocycles. The fraction of sp³-hybridized carbons (Fsp3) is 0.600. The zero-order valence-electron chi connectivity index (χ0n) is 12.3. The molecule has 0 unspecified atom stereocenters. The molecule has 0 aliphatic heterocycles. The Morgan fingerprint density at radius 3 is 1.82 bits per heavy atom. The van der Waals surface area contributed by atoms with E-state index >= 15 is 0 Å². The Bertz CT molecular complexity index is 358. The van der Waals surface area contributed by atoms with Crippen LogP contribution >= 0.6 is 0 Å². The summed E-state index contributed by atoms with van der Waals surface area (Å²) in [5.41, 5.74) is 1.37. The summed E-state index contributed by atoms with van der Waals surface area (Å²) in [6, 6.07) is 8.56. The molecular formula is C15H26OSi. The van der Waals surface area contributed by atoms with Crippen molar-refractivity contribution in [3.05, 3.63) is 29.8 Å². The molecule has 1 aromatic rings. The molecule has 0 N–H and O–H groups in total. The Labute approximate surface area is 107 Å². The van der Waals surface area contributed by atoms with Crippen molar-refractivity contribution < 1.29 is 4.43 Å². The van der Waals surface area contributed by atoms with Gasteiger partial charge in [0.15, 0.2) is 0 Å². The zero-order chi connectivity index (χ0) is 13.3. The van der Waals surface area contributed by atoms with E-state index in [0.717, 1.165) is 5.75 Å². The molecule has 17 heavy (non-hydrogen) atoms. The molecule has 0 saturated carbocycles. The van der Waals surface area contributed by atoms with Crippen molar-refractivity contribution in [2.45, 2.75) is 58.7 Å². The van der Waals surface area contributed by atoms with Crippen molar-refractivity contribution in [3.8, 4) is 5.75 Å². The van der Waals surface area contributed by atoms with Gasteiger partial charge < -0.3 is 4.43 Å². The summed E-state index contributed by atoms with van der Waals surface area (Å²) in [5, 5.41) is 0.254. The molecule has 0 bridgehead atoms. The molecule has 0 fully saturated rings. The van der Waals surface area contributed by atoms with Crippen molar-refractivity contribution in [3.63, 3.8) is 0 Å². The third kappa shape index (κ3) is 3.60. The van der Waals surface area contributed by atoms with Crippen LogP contribution in [-0.4, -0.2) is 8.32 Å². The van der Waals surface area contributed by atoms with Crippen LogP contribution in [0.25, 0.3) is 0 Å². The highest BCUT2D eigenvalue weighted by atomic mass is 28.4. The minimum Gasteiger partial charge on any atom is -0.544 e. The summed E-state index contributed by atoms with van der Waals surface area (Å²) in [4.78, 5) is 0. The van der Waals surface area contributed by atoms with E-state index in [1.54, 1.807) is 0 Å². The van der Waals surface area contributed by atoms with Crippen molar-refractivity contribution in [2.75, 3.05) is 0 Å². The molecule has 0 spiro atoms. The van der Waals surface area contributed by atoms with Gasteiger partial charge in [-0.15, -0.1) is 0 Å². The Balaban J connectivity index is 2.83. The molecule has 0 saturated heterocycles. The summed E-state index contributed by atoms with van der Waals surface area (Å²) < 4.78 is 6.24. The first-order chi connectivity index (χ1) is 7.63. The van der Waals surface area contributed by atoms with E-state index < -0.39 is 8.32 Å². The summed E-state index contributed by atoms with van der Waals surface area (Å²) in [6.45, 7) is 15.8. The van der Waals surface area contributed by atoms with Gasteiger partial charge in [0, 0.05) is 0 Å². The number of hydrogen-bond donors (Lipinski definition) is 0. The molecule has 2 heteroatoms. The standard InChI is InChI=1S/C15H26OSi/c1-12(2)13-8-10-14(11-9-13)16-17(6,7)15(3,4)5/h8-12H,1-7H3. The van der Waals surface area contributed by atoms with Crippen LogP contribution in [0.15, 0.2) is 24.3 Å². The zero-order valence-corrected chi connectivity index (χ0v) is 13.3. The van der Waals surface area contributed by atoms with Gasteiger partial charge in [-0.3, -0.25) is 0 Å². The van der Waals surface area contributed by atoms with Crippen LogP contribution in [0.5, 0.6) is 5.75 Å². The first-order valence-corrected chi connectivity index (χ1v) is 9.33. The van der Waals surface area contributed by atoms with Crippen molar-refractivity contribution in [2.24, 2.45) is 0 Å². The maximum Gasteiger partial charge on any atom is 0.250 e.